The maximum atomic E-state index is 12.3. The molecule has 1 aliphatic heterocycles. The number of para-hydroxylation sites is 1. The van der Waals surface area contributed by atoms with Crippen molar-refractivity contribution in [3.8, 4) is 0 Å². The van der Waals surface area contributed by atoms with Gasteiger partial charge in [-0.25, -0.2) is 0 Å². The Kier molecular flexibility index (Phi) is 5.01. The smallest absolute Gasteiger partial charge is 0.226 e. The number of nitrogens with one attached hydrogen (secondary N) is 1. The molecule has 0 radical (unpaired) electrons. The van der Waals surface area contributed by atoms with Crippen LogP contribution >= 0.6 is 0 Å². The van der Waals surface area contributed by atoms with Crippen LogP contribution in [-0.4, -0.2) is 50.6 Å². The van der Waals surface area contributed by atoms with Crippen molar-refractivity contribution in [3.63, 3.8) is 0 Å². The molecular weight excluding hydrogens is 250 g/mol. The first-order valence-electron chi connectivity index (χ1n) is 7.37. The maximum absolute atomic E-state index is 12.3. The van der Waals surface area contributed by atoms with Gasteiger partial charge < -0.3 is 15.1 Å². The van der Waals surface area contributed by atoms with E-state index in [4.69, 9.17) is 0 Å². The second-order valence-electron chi connectivity index (χ2n) is 5.56. The highest BCUT2D eigenvalue weighted by molar-refractivity contribution is 5.79. The number of nitrogens with zero attached hydrogens (tertiary/aromatic N) is 2. The van der Waals surface area contributed by atoms with Crippen molar-refractivity contribution in [2.45, 2.75) is 13.8 Å². The van der Waals surface area contributed by atoms with E-state index in [0.717, 1.165) is 32.7 Å². The minimum atomic E-state index is 0.0602. The Labute approximate surface area is 121 Å². The van der Waals surface area contributed by atoms with Gasteiger partial charge in [-0.2, -0.15) is 0 Å². The van der Waals surface area contributed by atoms with Crippen molar-refractivity contribution in [3.05, 3.63) is 29.8 Å². The predicted octanol–water partition coefficient (Wildman–Crippen LogP) is 1.50. The van der Waals surface area contributed by atoms with Gasteiger partial charge in [0, 0.05) is 44.3 Å². The fourth-order valence-electron chi connectivity index (χ4n) is 2.79. The normalized spacial score (nSPS) is 17.1. The molecule has 1 atom stereocenters. The monoisotopic (exact) mass is 275 g/mol. The molecule has 0 aliphatic carbocycles. The molecule has 1 aromatic carbocycles. The van der Waals surface area contributed by atoms with Crippen LogP contribution in [0.1, 0.15) is 12.5 Å². The van der Waals surface area contributed by atoms with Gasteiger partial charge in [0.2, 0.25) is 5.91 Å². The lowest BCUT2D eigenvalue weighted by Gasteiger charge is -2.37. The first-order chi connectivity index (χ1) is 9.63. The molecule has 4 nitrogen and oxygen atoms in total. The summed E-state index contributed by atoms with van der Waals surface area (Å²) in [4.78, 5) is 16.6. The largest absolute Gasteiger partial charge is 0.368 e. The average Bonchev–Trinajstić information content (AvgIpc) is 2.47. The molecule has 1 N–H and O–H groups in total. The number of anilines is 1. The molecule has 0 spiro atoms. The van der Waals surface area contributed by atoms with Crippen molar-refractivity contribution in [1.82, 2.24) is 10.2 Å². The molecule has 110 valence electrons. The van der Waals surface area contributed by atoms with Crippen LogP contribution in [0.25, 0.3) is 0 Å². The van der Waals surface area contributed by atoms with E-state index in [2.05, 4.69) is 41.4 Å². The summed E-state index contributed by atoms with van der Waals surface area (Å²) in [6, 6.07) is 8.45. The lowest BCUT2D eigenvalue weighted by atomic mass is 10.1. The third kappa shape index (κ3) is 3.31. The number of carbonyl (C=O) groups is 1. The van der Waals surface area contributed by atoms with E-state index < -0.39 is 0 Å². The lowest BCUT2D eigenvalue weighted by Crippen LogP contribution is -2.51. The van der Waals surface area contributed by atoms with Crippen molar-refractivity contribution >= 4 is 11.6 Å². The number of aryl methyl sites for hydroxylation is 1. The summed E-state index contributed by atoms with van der Waals surface area (Å²) in [5, 5.41) is 3.07. The van der Waals surface area contributed by atoms with Gasteiger partial charge in [0.1, 0.15) is 0 Å². The number of hydrogen-bond donors (Lipinski definition) is 1. The highest BCUT2D eigenvalue weighted by Gasteiger charge is 2.24. The van der Waals surface area contributed by atoms with Gasteiger partial charge in [0.25, 0.3) is 0 Å². The van der Waals surface area contributed by atoms with Crippen LogP contribution in [0.5, 0.6) is 0 Å². The van der Waals surface area contributed by atoms with Gasteiger partial charge in [-0.15, -0.1) is 0 Å². The SMILES string of the molecule is CNCC(C)C(=O)N1CCN(c2ccccc2C)CC1. The predicted molar refractivity (Wildman–Crippen MR) is 83.1 cm³/mol. The lowest BCUT2D eigenvalue weighted by molar-refractivity contribution is -0.135. The molecule has 1 fully saturated rings. The molecule has 20 heavy (non-hydrogen) atoms. The third-order valence-electron chi connectivity index (χ3n) is 3.98. The molecule has 0 bridgehead atoms. The van der Waals surface area contributed by atoms with E-state index in [9.17, 15) is 4.79 Å². The zero-order chi connectivity index (χ0) is 14.5. The summed E-state index contributed by atoms with van der Waals surface area (Å²) in [5.41, 5.74) is 2.60. The van der Waals surface area contributed by atoms with Gasteiger partial charge in [0.15, 0.2) is 0 Å². The van der Waals surface area contributed by atoms with Crippen LogP contribution in [0.4, 0.5) is 5.69 Å². The van der Waals surface area contributed by atoms with E-state index >= 15 is 0 Å². The van der Waals surface area contributed by atoms with E-state index in [1.54, 1.807) is 0 Å². The number of rotatable bonds is 4. The minimum Gasteiger partial charge on any atom is -0.368 e. The Morgan fingerprint density at radius 3 is 2.50 bits per heavy atom. The molecule has 1 unspecified atom stereocenters. The van der Waals surface area contributed by atoms with Gasteiger partial charge in [-0.05, 0) is 25.6 Å². The summed E-state index contributed by atoms with van der Waals surface area (Å²) < 4.78 is 0. The second-order valence-corrected chi connectivity index (χ2v) is 5.56. The van der Waals surface area contributed by atoms with E-state index in [-0.39, 0.29) is 11.8 Å². The highest BCUT2D eigenvalue weighted by atomic mass is 16.2. The Balaban J connectivity index is 1.93. The molecule has 1 aliphatic rings. The zero-order valence-electron chi connectivity index (χ0n) is 12.7. The standard InChI is InChI=1S/C16H25N3O/c1-13-6-4-5-7-15(13)18-8-10-19(11-9-18)16(20)14(2)12-17-3/h4-7,14,17H,8-12H2,1-3H3. The third-order valence-corrected chi connectivity index (χ3v) is 3.98. The van der Waals surface area contributed by atoms with Crippen LogP contribution in [0.15, 0.2) is 24.3 Å². The first-order valence-corrected chi connectivity index (χ1v) is 7.37. The average molecular weight is 275 g/mol. The van der Waals surface area contributed by atoms with Gasteiger partial charge in [-0.1, -0.05) is 25.1 Å². The summed E-state index contributed by atoms with van der Waals surface area (Å²) in [6.07, 6.45) is 0. The van der Waals surface area contributed by atoms with Crippen LogP contribution in [0.2, 0.25) is 0 Å². The molecule has 0 saturated carbocycles. The molecule has 0 aromatic heterocycles. The van der Waals surface area contributed by atoms with Crippen LogP contribution in [-0.2, 0) is 4.79 Å². The fourth-order valence-corrected chi connectivity index (χ4v) is 2.79. The molecule has 2 rings (SSSR count). The Morgan fingerprint density at radius 1 is 1.25 bits per heavy atom. The summed E-state index contributed by atoms with van der Waals surface area (Å²) in [5.74, 6) is 0.328. The molecule has 1 saturated heterocycles. The maximum Gasteiger partial charge on any atom is 0.226 e. The van der Waals surface area contributed by atoms with E-state index in [1.807, 2.05) is 18.9 Å². The van der Waals surface area contributed by atoms with E-state index in [1.165, 1.54) is 11.3 Å². The van der Waals surface area contributed by atoms with Gasteiger partial charge in [-0.3, -0.25) is 4.79 Å². The molecule has 1 aromatic rings. The quantitative estimate of drug-likeness (QED) is 0.904. The molecular formula is C16H25N3O. The zero-order valence-corrected chi connectivity index (χ0v) is 12.7. The van der Waals surface area contributed by atoms with E-state index in [0.29, 0.717) is 0 Å². The van der Waals surface area contributed by atoms with Crippen molar-refractivity contribution < 1.29 is 4.79 Å². The van der Waals surface area contributed by atoms with Crippen molar-refractivity contribution in [2.75, 3.05) is 44.7 Å². The summed E-state index contributed by atoms with van der Waals surface area (Å²) in [7, 11) is 1.89. The number of hydrogen-bond acceptors (Lipinski definition) is 3. The van der Waals surface area contributed by atoms with Crippen LogP contribution in [0, 0.1) is 12.8 Å². The van der Waals surface area contributed by atoms with Crippen molar-refractivity contribution in [1.29, 1.82) is 0 Å². The Hall–Kier alpha value is -1.55. The number of carbonyl (C=O) groups excluding carboxylic acids is 1. The number of amides is 1. The summed E-state index contributed by atoms with van der Waals surface area (Å²) in [6.45, 7) is 8.36. The second kappa shape index (κ2) is 6.75. The molecule has 4 heteroatoms. The van der Waals surface area contributed by atoms with Gasteiger partial charge in [0.05, 0.1) is 0 Å². The van der Waals surface area contributed by atoms with Gasteiger partial charge >= 0.3 is 0 Å². The molecule has 1 amide bonds. The Morgan fingerprint density at radius 2 is 1.90 bits per heavy atom. The van der Waals surface area contributed by atoms with Crippen LogP contribution < -0.4 is 10.2 Å². The van der Waals surface area contributed by atoms with Crippen molar-refractivity contribution in [2.24, 2.45) is 5.92 Å². The summed E-state index contributed by atoms with van der Waals surface area (Å²) >= 11 is 0. The topological polar surface area (TPSA) is 35.6 Å². The minimum absolute atomic E-state index is 0.0602. The fraction of sp³-hybridized carbons (Fsp3) is 0.562. The number of benzene rings is 1. The highest BCUT2D eigenvalue weighted by Crippen LogP contribution is 2.21. The Bertz CT molecular complexity index is 453. The molecule has 1 heterocycles. The van der Waals surface area contributed by atoms with Crippen LogP contribution in [0.3, 0.4) is 0 Å². The first kappa shape index (κ1) is 14.9. The number of piperazine rings is 1.